The van der Waals surface area contributed by atoms with E-state index in [1.54, 1.807) is 0 Å². The van der Waals surface area contributed by atoms with Gasteiger partial charge in [-0.25, -0.2) is 0 Å². The number of hydrogen-bond acceptors (Lipinski definition) is 8. The summed E-state index contributed by atoms with van der Waals surface area (Å²) in [5, 5.41) is 14.2. The Kier molecular flexibility index (Phi) is 14.1. The summed E-state index contributed by atoms with van der Waals surface area (Å²) in [6, 6.07) is 3.33. The minimum atomic E-state index is -2.81. The summed E-state index contributed by atoms with van der Waals surface area (Å²) in [7, 11) is -1.36. The van der Waals surface area contributed by atoms with Crippen LogP contribution in [0, 0.1) is 17.0 Å². The first kappa shape index (κ1) is 29.8. The zero-order valence-electron chi connectivity index (χ0n) is 20.1. The average Bonchev–Trinajstić information content (AvgIpc) is 2.76. The van der Waals surface area contributed by atoms with Crippen molar-refractivity contribution in [3.63, 3.8) is 0 Å². The monoisotopic (exact) mass is 738 g/mol. The Morgan fingerprint density at radius 2 is 1.73 bits per heavy atom. The van der Waals surface area contributed by atoms with Crippen LogP contribution in [-0.2, 0) is 24.6 Å². The molecule has 1 aromatic carbocycles. The number of amides is 1. The van der Waals surface area contributed by atoms with Crippen LogP contribution in [0.4, 0.5) is 5.69 Å². The topological polar surface area (TPSA) is 118 Å². The van der Waals surface area contributed by atoms with Crippen molar-refractivity contribution >= 4 is 20.4 Å². The molecule has 0 bridgehead atoms. The number of carbonyl (C=O) groups is 1. The molecule has 10 nitrogen and oxygen atoms in total. The average molecular weight is 739 g/mol. The zero-order valence-corrected chi connectivity index (χ0v) is 27.5. The van der Waals surface area contributed by atoms with Gasteiger partial charge in [0.05, 0.1) is 30.3 Å². The van der Waals surface area contributed by atoms with Crippen LogP contribution in [0.3, 0.4) is 0 Å². The fourth-order valence-corrected chi connectivity index (χ4v) is 5.72. The van der Waals surface area contributed by atoms with Crippen LogP contribution in [0.25, 0.3) is 0 Å². The van der Waals surface area contributed by atoms with Crippen molar-refractivity contribution in [3.8, 4) is 11.5 Å². The van der Waals surface area contributed by atoms with E-state index in [0.717, 1.165) is 0 Å². The van der Waals surface area contributed by atoms with Crippen molar-refractivity contribution in [2.75, 3.05) is 33.5 Å². The van der Waals surface area contributed by atoms with Gasteiger partial charge in [0.2, 0.25) is 5.91 Å². The van der Waals surface area contributed by atoms with Crippen molar-refractivity contribution in [2.45, 2.75) is 52.6 Å². The molecule has 1 rings (SSSR count). The fourth-order valence-electron chi connectivity index (χ4n) is 3.11. The van der Waals surface area contributed by atoms with Crippen LogP contribution in [0.15, 0.2) is 12.1 Å². The molecule has 1 amide bonds. The van der Waals surface area contributed by atoms with Gasteiger partial charge in [-0.2, -0.15) is 0 Å². The van der Waals surface area contributed by atoms with E-state index in [0.29, 0.717) is 56.6 Å². The molecule has 0 saturated carbocycles. The first-order valence-corrected chi connectivity index (χ1v) is 12.7. The summed E-state index contributed by atoms with van der Waals surface area (Å²) in [6.45, 7) is 11.0. The van der Waals surface area contributed by atoms with Gasteiger partial charge in [-0.05, 0) is 33.3 Å². The smallest absolute Gasteiger partial charge is 0.493 e. The number of carbonyl (C=O) groups excluding carboxylic acids is 1. The Morgan fingerprint density at radius 1 is 1.12 bits per heavy atom. The standard InChI is InChI=1S/C21H35N2O8Si.Rf/c1-6-12-28-20-15-18(23(25)26)17(14-19(20)27-5)16-22-21(24)11-10-13-32(29-7-2,30-8-3)31-9-4;/h14-15H,1,6-13,16H2,2-5H3,(H,22,24);/q-1;. The van der Waals surface area contributed by atoms with E-state index in [1.165, 1.54) is 19.2 Å². The van der Waals surface area contributed by atoms with Gasteiger partial charge in [-0.3, -0.25) is 14.9 Å². The summed E-state index contributed by atoms with van der Waals surface area (Å²) < 4.78 is 28.1. The molecular formula is C21H35N2O8RfSi-. The van der Waals surface area contributed by atoms with Crippen molar-refractivity contribution < 1.29 is 32.5 Å². The molecule has 0 radical (unpaired) electrons. The van der Waals surface area contributed by atoms with Crippen molar-refractivity contribution in [3.05, 3.63) is 34.7 Å². The number of nitro groups is 1. The van der Waals surface area contributed by atoms with Gasteiger partial charge < -0.3 is 35.0 Å². The Bertz CT molecular complexity index is 721. The predicted octanol–water partition coefficient (Wildman–Crippen LogP) is 3.65. The summed E-state index contributed by atoms with van der Waals surface area (Å²) in [5.41, 5.74) is 0.171. The predicted molar refractivity (Wildman–Crippen MR) is 122 cm³/mol. The van der Waals surface area contributed by atoms with Crippen molar-refractivity contribution in [2.24, 2.45) is 0 Å². The number of ether oxygens (including phenoxy) is 2. The molecule has 0 unspecified atom stereocenters. The molecular weight excluding hydrogens is 703 g/mol. The number of benzene rings is 1. The molecule has 0 atom stereocenters. The summed E-state index contributed by atoms with van der Waals surface area (Å²) in [6.07, 6.45) is 1.24. The van der Waals surface area contributed by atoms with Gasteiger partial charge in [0.25, 0.3) is 5.69 Å². The zero-order chi connectivity index (χ0) is 24.0. The summed E-state index contributed by atoms with van der Waals surface area (Å²) in [4.78, 5) is 23.4. The molecule has 0 aliphatic carbocycles. The van der Waals surface area contributed by atoms with Crippen molar-refractivity contribution in [1.82, 2.24) is 5.32 Å². The molecule has 0 heterocycles. The normalized spacial score (nSPS) is 10.9. The number of hydrogen-bond donors (Lipinski definition) is 1. The van der Waals surface area contributed by atoms with Gasteiger partial charge in [0.15, 0.2) is 11.5 Å². The third kappa shape index (κ3) is 9.44. The summed E-state index contributed by atoms with van der Waals surface area (Å²) >= 11 is 0. The first-order valence-electron chi connectivity index (χ1n) is 10.8. The maximum Gasteiger partial charge on any atom is 0.500 e. The molecule has 1 aromatic rings. The number of nitrogens with one attached hydrogen (secondary N) is 1. The van der Waals surface area contributed by atoms with Gasteiger partial charge in [0, 0.05) is 38.8 Å². The van der Waals surface area contributed by atoms with E-state index >= 15 is 0 Å². The largest absolute Gasteiger partial charge is 0.500 e. The molecule has 0 fully saturated rings. The van der Waals surface area contributed by atoms with Crippen LogP contribution in [-0.4, -0.2) is 53.2 Å². The number of methoxy groups -OCH3 is 1. The molecule has 0 spiro atoms. The second-order valence-electron chi connectivity index (χ2n) is 6.70. The van der Waals surface area contributed by atoms with Crippen LogP contribution >= 0.6 is 0 Å². The molecule has 33 heavy (non-hydrogen) atoms. The maximum absolute atomic E-state index is 12.4. The van der Waals surface area contributed by atoms with Gasteiger partial charge >= 0.3 is 8.80 Å². The molecule has 184 valence electrons. The second kappa shape index (κ2) is 15.6. The Hall–Kier alpha value is -3.21. The van der Waals surface area contributed by atoms with Crippen LogP contribution in [0.1, 0.15) is 45.6 Å². The van der Waals surface area contributed by atoms with E-state index in [4.69, 9.17) is 22.8 Å². The quantitative estimate of drug-likeness (QED) is 0.112. The Morgan fingerprint density at radius 3 is 2.21 bits per heavy atom. The van der Waals surface area contributed by atoms with E-state index < -0.39 is 13.7 Å². The second-order valence-corrected chi connectivity index (χ2v) is 9.44. The summed E-state index contributed by atoms with van der Waals surface area (Å²) in [5.74, 6) is 0.388. The van der Waals surface area contributed by atoms with E-state index in [1.807, 2.05) is 20.8 Å². The SMILES string of the molecule is [CH2-]CCOc1cc([N+](=O)[O-])c(CNC(=O)CCC[Si](OCC)(OCC)OCC)cc1OC.[Rf]. The van der Waals surface area contributed by atoms with E-state index in [9.17, 15) is 14.9 Å². The van der Waals surface area contributed by atoms with Crippen LogP contribution in [0.2, 0.25) is 6.04 Å². The van der Waals surface area contributed by atoms with E-state index in [2.05, 4.69) is 12.2 Å². The molecule has 0 aliphatic heterocycles. The Labute approximate surface area is 191 Å². The van der Waals surface area contributed by atoms with Crippen LogP contribution < -0.4 is 14.8 Å². The minimum Gasteiger partial charge on any atom is -0.493 e. The van der Waals surface area contributed by atoms with Crippen LogP contribution in [0.5, 0.6) is 11.5 Å². The first-order chi connectivity index (χ1) is 15.4. The number of rotatable bonds is 17. The van der Waals surface area contributed by atoms with Gasteiger partial charge in [-0.1, -0.05) is 0 Å². The Balaban J connectivity index is 0.0000102. The van der Waals surface area contributed by atoms with Crippen molar-refractivity contribution in [1.29, 1.82) is 0 Å². The minimum absolute atomic E-state index is 0. The van der Waals surface area contributed by atoms with Gasteiger partial charge in [0.1, 0.15) is 0 Å². The molecule has 0 saturated heterocycles. The van der Waals surface area contributed by atoms with E-state index in [-0.39, 0.29) is 30.3 Å². The number of nitrogens with zero attached hydrogens (tertiary/aromatic N) is 1. The van der Waals surface area contributed by atoms with Gasteiger partial charge in [-0.15, -0.1) is 6.42 Å². The molecule has 0 aromatic heterocycles. The molecule has 0 aliphatic rings. The fraction of sp³-hybridized carbons (Fsp3) is 0.619. The maximum atomic E-state index is 12.4. The number of nitro benzene ring substituents is 1. The molecule has 1 N–H and O–H groups in total. The third-order valence-corrected chi connectivity index (χ3v) is 7.57. The molecule has 12 heteroatoms. The third-order valence-electron chi connectivity index (χ3n) is 4.42.